The van der Waals surface area contributed by atoms with E-state index in [0.717, 1.165) is 62.8 Å². The first-order valence-corrected chi connectivity index (χ1v) is 12.7. The number of imidazole rings is 2. The number of alkyl carbamates (subject to hydrolysis) is 1. The van der Waals surface area contributed by atoms with Gasteiger partial charge in [-0.25, -0.2) is 14.8 Å². The summed E-state index contributed by atoms with van der Waals surface area (Å²) < 4.78 is 5.22. The average molecular weight is 502 g/mol. The number of H-pyrrole nitrogens is 2. The first-order chi connectivity index (χ1) is 18.2. The van der Waals surface area contributed by atoms with Gasteiger partial charge in [-0.15, -0.1) is 0 Å². The van der Waals surface area contributed by atoms with Gasteiger partial charge in [0.25, 0.3) is 0 Å². The van der Waals surface area contributed by atoms with E-state index in [9.17, 15) is 4.79 Å². The lowest BCUT2D eigenvalue weighted by Crippen LogP contribution is -2.26. The fraction of sp³-hybridized carbons (Fsp3) is 0.321. The second-order valence-corrected chi connectivity index (χ2v) is 8.91. The monoisotopic (exact) mass is 501 g/mol. The van der Waals surface area contributed by atoms with Gasteiger partial charge in [-0.05, 0) is 36.1 Å². The summed E-state index contributed by atoms with van der Waals surface area (Å²) in [7, 11) is 0. The van der Waals surface area contributed by atoms with Crippen LogP contribution in [0.25, 0.3) is 0 Å². The van der Waals surface area contributed by atoms with Crippen LogP contribution in [0.5, 0.6) is 0 Å². The number of amides is 1. The van der Waals surface area contributed by atoms with Crippen molar-refractivity contribution in [3.8, 4) is 0 Å². The van der Waals surface area contributed by atoms with E-state index in [4.69, 9.17) is 4.74 Å². The van der Waals surface area contributed by atoms with Gasteiger partial charge in [0.15, 0.2) is 0 Å². The maximum Gasteiger partial charge on any atom is 0.407 e. The number of rotatable bonds is 15. The van der Waals surface area contributed by atoms with Crippen LogP contribution in [0.3, 0.4) is 0 Å². The molecule has 4 N–H and O–H groups in total. The third kappa shape index (κ3) is 9.55. The van der Waals surface area contributed by atoms with Crippen LogP contribution in [0.15, 0.2) is 79.4 Å². The van der Waals surface area contributed by atoms with Gasteiger partial charge in [0.05, 0.1) is 13.1 Å². The summed E-state index contributed by atoms with van der Waals surface area (Å²) in [4.78, 5) is 29.2. The minimum absolute atomic E-state index is 0.291. The summed E-state index contributed by atoms with van der Waals surface area (Å²) in [6.07, 6.45) is 8.75. The van der Waals surface area contributed by atoms with Gasteiger partial charge < -0.3 is 25.3 Å². The van der Waals surface area contributed by atoms with Crippen molar-refractivity contribution >= 4 is 6.09 Å². The molecule has 0 spiro atoms. The zero-order valence-corrected chi connectivity index (χ0v) is 21.0. The number of aromatic nitrogens is 4. The minimum atomic E-state index is -0.371. The molecule has 0 radical (unpaired) electrons. The molecule has 2 aromatic heterocycles. The highest BCUT2D eigenvalue weighted by molar-refractivity contribution is 5.67. The van der Waals surface area contributed by atoms with Crippen LogP contribution in [-0.4, -0.2) is 44.0 Å². The first-order valence-electron chi connectivity index (χ1n) is 12.7. The molecule has 0 atom stereocenters. The zero-order valence-electron chi connectivity index (χ0n) is 21.0. The van der Waals surface area contributed by atoms with Crippen molar-refractivity contribution in [2.75, 3.05) is 13.1 Å². The Bertz CT molecular complexity index is 1110. The number of benzene rings is 2. The Balaban J connectivity index is 1.10. The van der Waals surface area contributed by atoms with Gasteiger partial charge in [0.1, 0.15) is 18.3 Å². The van der Waals surface area contributed by atoms with Crippen LogP contribution in [0.2, 0.25) is 0 Å². The quantitative estimate of drug-likeness (QED) is 0.182. The second-order valence-electron chi connectivity index (χ2n) is 8.91. The molecule has 0 saturated carbocycles. The predicted octanol–water partition coefficient (Wildman–Crippen LogP) is 4.13. The highest BCUT2D eigenvalue weighted by Crippen LogP contribution is 2.12. The minimum Gasteiger partial charge on any atom is -0.445 e. The van der Waals surface area contributed by atoms with Gasteiger partial charge in [0.2, 0.25) is 0 Å². The average Bonchev–Trinajstić information content (AvgIpc) is 3.63. The van der Waals surface area contributed by atoms with Gasteiger partial charge in [-0.3, -0.25) is 4.90 Å². The van der Waals surface area contributed by atoms with Gasteiger partial charge in [-0.1, -0.05) is 54.6 Å². The number of hydrogen-bond acceptors (Lipinski definition) is 6. The van der Waals surface area contributed by atoms with E-state index in [-0.39, 0.29) is 6.09 Å². The number of nitrogens with zero attached hydrogens (tertiary/aromatic N) is 3. The summed E-state index contributed by atoms with van der Waals surface area (Å²) in [5.74, 6) is 1.87. The summed E-state index contributed by atoms with van der Waals surface area (Å²) in [5.41, 5.74) is 3.47. The van der Waals surface area contributed by atoms with E-state index in [1.807, 2.05) is 42.7 Å². The van der Waals surface area contributed by atoms with Crippen molar-refractivity contribution < 1.29 is 9.53 Å². The van der Waals surface area contributed by atoms with Crippen molar-refractivity contribution in [3.63, 3.8) is 0 Å². The van der Waals surface area contributed by atoms with Crippen LogP contribution in [0.1, 0.15) is 41.2 Å². The molecular formula is C28H35N7O2. The molecule has 1 amide bonds. The van der Waals surface area contributed by atoms with Crippen LogP contribution in [0, 0.1) is 0 Å². The zero-order chi connectivity index (χ0) is 25.5. The SMILES string of the molecule is O=C(NCCCCNCc1ccc(CN(Cc2ncc[nH]2)Cc2ncc[nH]2)cc1)OCc1ccccc1. The van der Waals surface area contributed by atoms with E-state index in [1.54, 1.807) is 12.4 Å². The molecule has 0 aliphatic rings. The molecular weight excluding hydrogens is 466 g/mol. The molecule has 194 valence electrons. The first kappa shape index (κ1) is 26.1. The predicted molar refractivity (Wildman–Crippen MR) is 142 cm³/mol. The Morgan fingerprint density at radius 2 is 1.43 bits per heavy atom. The lowest BCUT2D eigenvalue weighted by molar-refractivity contribution is 0.139. The van der Waals surface area contributed by atoms with E-state index < -0.39 is 0 Å². The standard InChI is InChI=1S/C28H35N7O2/c36-28(37-22-25-6-2-1-3-7-25)34-13-5-4-12-29-18-23-8-10-24(11-9-23)19-35(20-26-30-14-15-31-26)21-27-32-16-17-33-27/h1-3,6-11,14-17,29H,4-5,12-13,18-22H2,(H,30,31)(H,32,33)(H,34,36). The van der Waals surface area contributed by atoms with E-state index in [1.165, 1.54) is 11.1 Å². The van der Waals surface area contributed by atoms with Crippen LogP contribution in [0.4, 0.5) is 4.79 Å². The molecule has 0 bridgehead atoms. The molecule has 9 heteroatoms. The number of unbranched alkanes of at least 4 members (excludes halogenated alkanes) is 1. The topological polar surface area (TPSA) is 111 Å². The third-order valence-electron chi connectivity index (χ3n) is 5.88. The number of carbonyl (C=O) groups is 1. The molecule has 0 fully saturated rings. The fourth-order valence-electron chi connectivity index (χ4n) is 3.95. The Labute approximate surface area is 217 Å². The van der Waals surface area contributed by atoms with Crippen LogP contribution in [-0.2, 0) is 37.5 Å². The summed E-state index contributed by atoms with van der Waals surface area (Å²) >= 11 is 0. The molecule has 0 saturated heterocycles. The van der Waals surface area contributed by atoms with E-state index in [0.29, 0.717) is 13.2 Å². The molecule has 2 heterocycles. The second kappa shape index (κ2) is 14.6. The van der Waals surface area contributed by atoms with Gasteiger partial charge in [-0.2, -0.15) is 0 Å². The number of aromatic amines is 2. The highest BCUT2D eigenvalue weighted by Gasteiger charge is 2.11. The van der Waals surface area contributed by atoms with Crippen molar-refractivity contribution in [2.45, 2.75) is 45.6 Å². The molecule has 9 nitrogen and oxygen atoms in total. The largest absolute Gasteiger partial charge is 0.445 e. The smallest absolute Gasteiger partial charge is 0.407 e. The van der Waals surface area contributed by atoms with E-state index in [2.05, 4.69) is 59.7 Å². The van der Waals surface area contributed by atoms with Crippen LogP contribution >= 0.6 is 0 Å². The summed E-state index contributed by atoms with van der Waals surface area (Å²) in [6, 6.07) is 18.4. The maximum absolute atomic E-state index is 11.8. The Kier molecular flexibility index (Phi) is 10.3. The molecule has 0 unspecified atom stereocenters. The highest BCUT2D eigenvalue weighted by atomic mass is 16.5. The molecule has 37 heavy (non-hydrogen) atoms. The number of ether oxygens (including phenoxy) is 1. The lowest BCUT2D eigenvalue weighted by Gasteiger charge is -2.20. The number of hydrogen-bond donors (Lipinski definition) is 4. The molecule has 0 aliphatic carbocycles. The molecule has 4 aromatic rings. The van der Waals surface area contributed by atoms with Crippen LogP contribution < -0.4 is 10.6 Å². The summed E-state index contributed by atoms with van der Waals surface area (Å²) in [6.45, 7) is 4.84. The van der Waals surface area contributed by atoms with Gasteiger partial charge >= 0.3 is 6.09 Å². The van der Waals surface area contributed by atoms with Gasteiger partial charge in [0, 0.05) is 44.4 Å². The van der Waals surface area contributed by atoms with E-state index >= 15 is 0 Å². The summed E-state index contributed by atoms with van der Waals surface area (Å²) in [5, 5.41) is 6.28. The Morgan fingerprint density at radius 3 is 2.08 bits per heavy atom. The number of carbonyl (C=O) groups excluding carboxylic acids is 1. The molecule has 2 aromatic carbocycles. The molecule has 0 aliphatic heterocycles. The van der Waals surface area contributed by atoms with Crippen molar-refractivity contribution in [1.29, 1.82) is 0 Å². The maximum atomic E-state index is 11.8. The van der Waals surface area contributed by atoms with Crippen molar-refractivity contribution in [2.24, 2.45) is 0 Å². The Morgan fingerprint density at radius 1 is 0.784 bits per heavy atom. The molecule has 4 rings (SSSR count). The normalized spacial score (nSPS) is 11.1. The Hall–Kier alpha value is -3.95. The third-order valence-corrected chi connectivity index (χ3v) is 5.88. The van der Waals surface area contributed by atoms with Crippen molar-refractivity contribution in [1.82, 2.24) is 35.5 Å². The van der Waals surface area contributed by atoms with Crippen molar-refractivity contribution in [3.05, 3.63) is 108 Å². The lowest BCUT2D eigenvalue weighted by atomic mass is 10.1. The number of nitrogens with one attached hydrogen (secondary N) is 4. The fourth-order valence-corrected chi connectivity index (χ4v) is 3.95.